The predicted molar refractivity (Wildman–Crippen MR) is 491 cm³/mol. The van der Waals surface area contributed by atoms with Crippen LogP contribution in [0.2, 0.25) is 0 Å². The highest BCUT2D eigenvalue weighted by Crippen LogP contribution is 2.42. The van der Waals surface area contributed by atoms with Gasteiger partial charge in [0, 0.05) is 114 Å². The van der Waals surface area contributed by atoms with Crippen molar-refractivity contribution in [2.75, 3.05) is 153 Å². The number of H-pyrrole nitrogens is 1. The average Bonchev–Trinajstić information content (AvgIpc) is 1.59. The molecule has 2 saturated heterocycles. The molecule has 15 atom stereocenters. The van der Waals surface area contributed by atoms with Gasteiger partial charge >= 0.3 is 5.97 Å². The number of fused-ring (bicyclic) bond motifs is 5. The minimum absolute atomic E-state index is 0.0172. The molecular weight excluding hydrogens is 1700 g/mol. The Hall–Kier alpha value is -8.70. The van der Waals surface area contributed by atoms with E-state index in [1.807, 2.05) is 74.7 Å². The second kappa shape index (κ2) is 54.7. The number of nitrogens with zero attached hydrogens (tertiary/aromatic N) is 8. The Morgan fingerprint density at radius 3 is 2.13 bits per heavy atom. The number of nitrogens with two attached hydrogens (primary N) is 2. The number of aliphatic hydroxyl groups excluding tert-OH is 1. The van der Waals surface area contributed by atoms with E-state index in [0.717, 1.165) is 82.9 Å². The van der Waals surface area contributed by atoms with Gasteiger partial charge in [-0.3, -0.25) is 28.8 Å². The fourth-order valence-electron chi connectivity index (χ4n) is 18.1. The van der Waals surface area contributed by atoms with E-state index in [1.54, 1.807) is 64.3 Å². The predicted octanol–water partition coefficient (Wildman–Crippen LogP) is 8.40. The number of piperidine rings is 1. The van der Waals surface area contributed by atoms with Crippen LogP contribution in [0.1, 0.15) is 181 Å². The van der Waals surface area contributed by atoms with E-state index in [-0.39, 0.29) is 98.1 Å². The largest absolute Gasteiger partial charge is 0.495 e. The zero-order chi connectivity index (χ0) is 94.5. The number of anilines is 1. The van der Waals surface area contributed by atoms with Crippen molar-refractivity contribution >= 4 is 63.3 Å². The molecular formula is C96H145N13O23. The summed E-state index contributed by atoms with van der Waals surface area (Å²) >= 11 is 0. The summed E-state index contributed by atoms with van der Waals surface area (Å²) in [5.41, 5.74) is 18.5. The van der Waals surface area contributed by atoms with Crippen LogP contribution in [0, 0.1) is 35.5 Å². The SMILES string of the molecule is COc1cccc2cc(-c3nc(C4CCC(C(=O)NCCOCCOCCOCCNC(=O)CCOCCOCCOCCOCCn5cc(CCCCO[C@@H]6CC[C@@H](C[C@@H](N)[C@@H]7CC(=O)[C@H](C)/C=C(\C)[C@@H](O)[C@@H](OC)C(=O)[C@H](C)C[C@H](C)/C=C/C=C/C=C(\C)[C@@H](OC)C[C@@H]8CC[C@@H](C)[C@@](O)(O8)C(=O)C(=O)N8CCCC[C@H]8C(=O)O7)C[C@H]6OC)nn5)CC4)n4ncnc(N)c34)[nH]c12. The fourth-order valence-corrected chi connectivity index (χ4v) is 18.1. The summed E-state index contributed by atoms with van der Waals surface area (Å²) in [5.74, 6) is -6.58. The van der Waals surface area contributed by atoms with Gasteiger partial charge in [-0.2, -0.15) is 5.10 Å². The maximum Gasteiger partial charge on any atom is 0.329 e. The number of nitrogen functional groups attached to an aromatic ring is 1. The number of carbonyl (C=O) groups is 7. The number of allylic oxidation sites excluding steroid dienone is 6. The van der Waals surface area contributed by atoms with E-state index in [9.17, 15) is 43.8 Å². The minimum Gasteiger partial charge on any atom is -0.495 e. The Bertz CT molecular complexity index is 4560. The van der Waals surface area contributed by atoms with Crippen molar-refractivity contribution in [3.63, 3.8) is 0 Å². The number of Topliss-reactive ketones (excluding diaryl/α,β-unsaturated/α-hetero) is 3. The number of ketones is 3. The van der Waals surface area contributed by atoms with Crippen LogP contribution in [0.25, 0.3) is 27.8 Å². The molecule has 10 rings (SSSR count). The molecule has 4 aromatic heterocycles. The molecule has 36 heteroatoms. The van der Waals surface area contributed by atoms with Crippen molar-refractivity contribution < 1.29 is 110 Å². The highest BCUT2D eigenvalue weighted by molar-refractivity contribution is 6.39. The summed E-state index contributed by atoms with van der Waals surface area (Å²) in [6, 6.07) is 5.77. The smallest absolute Gasteiger partial charge is 0.329 e. The van der Waals surface area contributed by atoms with E-state index >= 15 is 0 Å². The van der Waals surface area contributed by atoms with E-state index in [1.165, 1.54) is 13.4 Å². The number of esters is 1. The molecule has 1 aromatic carbocycles. The lowest BCUT2D eigenvalue weighted by Gasteiger charge is -2.42. The Labute approximate surface area is 775 Å². The number of methoxy groups -OCH3 is 4. The number of imidazole rings is 1. The van der Waals surface area contributed by atoms with Crippen molar-refractivity contribution in [2.24, 2.45) is 41.2 Å². The van der Waals surface area contributed by atoms with Crippen molar-refractivity contribution in [1.29, 1.82) is 0 Å². The highest BCUT2D eigenvalue weighted by atomic mass is 16.6. The normalized spacial score (nSPS) is 27.7. The van der Waals surface area contributed by atoms with Gasteiger partial charge in [-0.25, -0.2) is 24.0 Å². The van der Waals surface area contributed by atoms with Crippen LogP contribution in [0.3, 0.4) is 0 Å². The molecule has 0 spiro atoms. The summed E-state index contributed by atoms with van der Waals surface area (Å²) in [6.45, 7) is 17.7. The molecule has 7 heterocycles. The third-order valence-corrected chi connectivity index (χ3v) is 25.9. The van der Waals surface area contributed by atoms with Gasteiger partial charge in [0.1, 0.15) is 59.2 Å². The number of aliphatic hydroxyl groups is 2. The Morgan fingerprint density at radius 1 is 0.735 bits per heavy atom. The summed E-state index contributed by atoms with van der Waals surface area (Å²) in [6.07, 6.45) is 19.4. The highest BCUT2D eigenvalue weighted by Gasteiger charge is 2.53. The minimum atomic E-state index is -2.48. The average molecular weight is 1850 g/mol. The van der Waals surface area contributed by atoms with E-state index in [4.69, 9.17) is 82.8 Å². The number of aromatic amines is 1. The molecule has 3 amide bonds. The van der Waals surface area contributed by atoms with Gasteiger partial charge in [-0.1, -0.05) is 81.5 Å². The quantitative estimate of drug-likeness (QED) is 0.00833. The van der Waals surface area contributed by atoms with E-state index in [2.05, 4.69) is 36.0 Å². The molecule has 5 aromatic rings. The summed E-state index contributed by atoms with van der Waals surface area (Å²) in [4.78, 5) is 112. The maximum absolute atomic E-state index is 14.7. The zero-order valence-corrected chi connectivity index (χ0v) is 78.9. The number of rotatable bonds is 43. The first-order valence-electron chi connectivity index (χ1n) is 47.3. The fraction of sp³-hybridized carbons (Fsp3) is 0.688. The van der Waals surface area contributed by atoms with Gasteiger partial charge in [0.05, 0.1) is 147 Å². The van der Waals surface area contributed by atoms with Gasteiger partial charge in [-0.05, 0) is 158 Å². The first-order chi connectivity index (χ1) is 63.8. The number of hydrogen-bond donors (Lipinski definition) is 7. The number of hydrogen-bond acceptors (Lipinski definition) is 30. The number of aryl methyl sites for hydroxylation is 1. The second-order valence-electron chi connectivity index (χ2n) is 35.6. The molecule has 132 heavy (non-hydrogen) atoms. The van der Waals surface area contributed by atoms with Gasteiger partial charge in [0.15, 0.2) is 11.6 Å². The van der Waals surface area contributed by atoms with Crippen LogP contribution in [0.5, 0.6) is 5.75 Å². The Balaban J connectivity index is 0.539. The van der Waals surface area contributed by atoms with Crippen LogP contribution in [-0.4, -0.2) is 303 Å². The number of aromatic nitrogens is 8. The molecule has 36 nitrogen and oxygen atoms in total. The molecule has 2 bridgehead atoms. The van der Waals surface area contributed by atoms with Crippen LogP contribution >= 0.6 is 0 Å². The third kappa shape index (κ3) is 31.2. The molecule has 732 valence electrons. The number of nitrogens with one attached hydrogen (secondary N) is 3. The molecule has 4 fully saturated rings. The molecule has 9 N–H and O–H groups in total. The van der Waals surface area contributed by atoms with Gasteiger partial charge in [0.25, 0.3) is 11.7 Å². The first kappa shape index (κ1) is 105. The third-order valence-electron chi connectivity index (χ3n) is 25.9. The number of cyclic esters (lactones) is 1. The van der Waals surface area contributed by atoms with Crippen molar-refractivity contribution in [3.8, 4) is 17.1 Å². The lowest BCUT2D eigenvalue weighted by Crippen LogP contribution is -2.61. The van der Waals surface area contributed by atoms with Crippen LogP contribution in [0.4, 0.5) is 5.82 Å². The second-order valence-corrected chi connectivity index (χ2v) is 35.6. The van der Waals surface area contributed by atoms with Gasteiger partial charge in [0.2, 0.25) is 17.6 Å². The molecule has 2 saturated carbocycles. The first-order valence-corrected chi connectivity index (χ1v) is 47.3. The molecule has 0 radical (unpaired) electrons. The van der Waals surface area contributed by atoms with E-state index in [0.29, 0.717) is 199 Å². The van der Waals surface area contributed by atoms with Gasteiger partial charge < -0.3 is 109 Å². The molecule has 2 aliphatic carbocycles. The Kier molecular flexibility index (Phi) is 43.7. The number of carbonyl (C=O) groups excluding carboxylic acids is 7. The number of unbranched alkanes of at least 4 members (excludes halogenated alkanes) is 1. The molecule has 3 aliphatic heterocycles. The Morgan fingerprint density at radius 2 is 1.43 bits per heavy atom. The lowest BCUT2D eigenvalue weighted by molar-refractivity contribution is -0.265. The van der Waals surface area contributed by atoms with Crippen LogP contribution < -0.4 is 26.8 Å². The summed E-state index contributed by atoms with van der Waals surface area (Å²) < 4.78 is 85.2. The lowest BCUT2D eigenvalue weighted by atomic mass is 9.80. The number of para-hydroxylation sites is 1. The summed E-state index contributed by atoms with van der Waals surface area (Å²) in [5, 5.41) is 43.8. The number of ether oxygens (including phenoxy) is 14. The number of amides is 3. The zero-order valence-electron chi connectivity index (χ0n) is 78.9. The molecule has 5 aliphatic rings. The van der Waals surface area contributed by atoms with E-state index < -0.39 is 83.8 Å². The van der Waals surface area contributed by atoms with Crippen molar-refractivity contribution in [1.82, 2.24) is 55.1 Å². The monoisotopic (exact) mass is 1850 g/mol. The van der Waals surface area contributed by atoms with Crippen LogP contribution in [0.15, 0.2) is 84.4 Å². The topological polar surface area (TPSA) is 458 Å². The van der Waals surface area contributed by atoms with Crippen LogP contribution in [-0.2, 0) is 108 Å². The van der Waals surface area contributed by atoms with Gasteiger partial charge in [-0.15, -0.1) is 5.10 Å². The number of benzene rings is 1. The standard InChI is InChI=1S/C96H145N13O23/c1-62-19-12-11-13-20-63(2)80(120-8)58-73-31-25-67(6)96(118,132-73)90(114)94(116)108-36-16-14-23-76(108)95(117)131-81(59-77(110)64(3)54-66(5)88(113)89(122-10)87(112)65(4)53-62)74(97)55-68-26-32-78(82(56-68)121-9)130-38-17-15-22-72-60-107(106-105-72)37-42-126-46-50-129-52-51-127-47-43-123-39-33-83(111)99-34-40-124-44-48-128-49-45-125-41-35-100-93(115)70-29-27-69(28-30-70)92-104-85(86-91(98)101-61-102-109(86)92)75-57-71-21-18-24-79(119-7)84(71)103-75/h11-13,18-21,24,54,57,60-62,64-65,67-70,73-74,76,78,80-82,88-89,103,113,118H,14-17,22-23,25-53,55-56,58-59,97H2,1-10H3,(H,99,111)(H,100,115)(H2,98,101,102)/b13-11+,19-12+,63-20+,66-54+/t62-,64-,65-,67-,68+,69?,70?,73+,74-,76+,78-,80+,81+,82-,88-,89+,96-/m1/s1. The van der Waals surface area contributed by atoms with Crippen molar-refractivity contribution in [2.45, 2.75) is 243 Å². The molecule has 0 unspecified atom stereocenters. The maximum atomic E-state index is 14.7. The van der Waals surface area contributed by atoms with Crippen molar-refractivity contribution in [3.05, 3.63) is 95.9 Å². The summed E-state index contributed by atoms with van der Waals surface area (Å²) in [7, 11) is 6.23.